The van der Waals surface area contributed by atoms with Crippen molar-refractivity contribution in [2.75, 3.05) is 0 Å². The number of nitrogens with one attached hydrogen (secondary N) is 1. The Morgan fingerprint density at radius 2 is 2.00 bits per heavy atom. The van der Waals surface area contributed by atoms with E-state index in [-0.39, 0.29) is 11.5 Å². The fourth-order valence-corrected chi connectivity index (χ4v) is 1.72. The first-order chi connectivity index (χ1) is 8.08. The summed E-state index contributed by atoms with van der Waals surface area (Å²) in [6.07, 6.45) is 4.36. The molecule has 2 rings (SSSR count). The van der Waals surface area contributed by atoms with Crippen molar-refractivity contribution in [2.45, 2.75) is 0 Å². The molecule has 0 aliphatic rings. The summed E-state index contributed by atoms with van der Waals surface area (Å²) in [6.45, 7) is 0. The van der Waals surface area contributed by atoms with Crippen LogP contribution < -0.4 is 0 Å². The van der Waals surface area contributed by atoms with Gasteiger partial charge in [0.2, 0.25) is 0 Å². The molecule has 2 aromatic heterocycles. The van der Waals surface area contributed by atoms with Gasteiger partial charge in [-0.15, -0.1) is 0 Å². The molecule has 0 atom stereocenters. The maximum atomic E-state index is 12.0. The highest BCUT2D eigenvalue weighted by Gasteiger charge is 2.14. The number of ketones is 1. The summed E-state index contributed by atoms with van der Waals surface area (Å²) >= 11 is 3.21. The summed E-state index contributed by atoms with van der Waals surface area (Å²) < 4.78 is 0.692. The summed E-state index contributed by atoms with van der Waals surface area (Å²) in [7, 11) is 0. The Morgan fingerprint density at radius 3 is 2.59 bits per heavy atom. The minimum absolute atomic E-state index is 0.0173. The third kappa shape index (κ3) is 2.42. The Labute approximate surface area is 105 Å². The number of aromatic nitrogens is 2. The molecule has 0 saturated carbocycles. The van der Waals surface area contributed by atoms with Gasteiger partial charge in [-0.1, -0.05) is 0 Å². The summed E-state index contributed by atoms with van der Waals surface area (Å²) in [5.74, 6) is -1.38. The number of carboxylic acids is 1. The molecule has 0 aliphatic heterocycles. The Morgan fingerprint density at radius 1 is 1.24 bits per heavy atom. The molecule has 6 heteroatoms. The van der Waals surface area contributed by atoms with Crippen LogP contribution in [0.25, 0.3) is 0 Å². The lowest BCUT2D eigenvalue weighted by Crippen LogP contribution is -2.00. The normalized spacial score (nSPS) is 10.2. The second-order valence-electron chi connectivity index (χ2n) is 3.33. The molecule has 0 unspecified atom stereocenters. The zero-order valence-electron chi connectivity index (χ0n) is 8.48. The molecule has 17 heavy (non-hydrogen) atoms. The smallest absolute Gasteiger partial charge is 0.352 e. The molecule has 0 radical (unpaired) electrons. The molecule has 0 aromatic carbocycles. The minimum Gasteiger partial charge on any atom is -0.477 e. The van der Waals surface area contributed by atoms with Crippen molar-refractivity contribution in [3.05, 3.63) is 52.0 Å². The maximum Gasteiger partial charge on any atom is 0.352 e. The maximum absolute atomic E-state index is 12.0. The van der Waals surface area contributed by atoms with E-state index in [0.717, 1.165) is 0 Å². The zero-order chi connectivity index (χ0) is 12.4. The number of nitrogens with zero attached hydrogens (tertiary/aromatic N) is 1. The summed E-state index contributed by atoms with van der Waals surface area (Å²) in [5, 5.41) is 8.73. The van der Waals surface area contributed by atoms with Gasteiger partial charge in [0.1, 0.15) is 5.69 Å². The van der Waals surface area contributed by atoms with Crippen molar-refractivity contribution in [2.24, 2.45) is 0 Å². The van der Waals surface area contributed by atoms with Crippen LogP contribution in [0.3, 0.4) is 0 Å². The van der Waals surface area contributed by atoms with E-state index < -0.39 is 5.97 Å². The van der Waals surface area contributed by atoms with Gasteiger partial charge in [-0.2, -0.15) is 0 Å². The number of carboxylic acid groups (broad SMARTS) is 1. The van der Waals surface area contributed by atoms with E-state index >= 15 is 0 Å². The molecular weight excluding hydrogens is 288 g/mol. The van der Waals surface area contributed by atoms with E-state index in [0.29, 0.717) is 15.6 Å². The number of carbonyl (C=O) groups excluding carboxylic acids is 1. The molecule has 0 fully saturated rings. The molecule has 0 spiro atoms. The van der Waals surface area contributed by atoms with Crippen LogP contribution in [0.5, 0.6) is 0 Å². The van der Waals surface area contributed by atoms with Gasteiger partial charge in [-0.05, 0) is 28.1 Å². The topological polar surface area (TPSA) is 83.0 Å². The third-order valence-electron chi connectivity index (χ3n) is 2.14. The monoisotopic (exact) mass is 294 g/mol. The van der Waals surface area contributed by atoms with Crippen molar-refractivity contribution in [3.63, 3.8) is 0 Å². The standard InChI is InChI=1S/C11H7BrN2O3/c12-8-1-6(3-13-5-8)10(15)7-2-9(11(16)17)14-4-7/h1-5,14H,(H,16,17). The highest BCUT2D eigenvalue weighted by Crippen LogP contribution is 2.14. The van der Waals surface area contributed by atoms with Crippen LogP contribution >= 0.6 is 15.9 Å². The number of hydrogen-bond donors (Lipinski definition) is 2. The quantitative estimate of drug-likeness (QED) is 0.849. The van der Waals surface area contributed by atoms with E-state index in [1.54, 1.807) is 12.3 Å². The molecule has 0 bridgehead atoms. The van der Waals surface area contributed by atoms with Crippen molar-refractivity contribution in [1.82, 2.24) is 9.97 Å². The van der Waals surface area contributed by atoms with Gasteiger partial charge in [0.05, 0.1) is 0 Å². The van der Waals surface area contributed by atoms with Crippen molar-refractivity contribution in [1.29, 1.82) is 0 Å². The molecule has 2 aromatic rings. The number of hydrogen-bond acceptors (Lipinski definition) is 3. The van der Waals surface area contributed by atoms with E-state index in [2.05, 4.69) is 25.9 Å². The number of pyridine rings is 1. The van der Waals surface area contributed by atoms with Gasteiger partial charge < -0.3 is 10.1 Å². The molecule has 2 N–H and O–H groups in total. The fourth-order valence-electron chi connectivity index (χ4n) is 1.35. The molecule has 0 amide bonds. The lowest BCUT2D eigenvalue weighted by Gasteiger charge is -1.97. The summed E-state index contributed by atoms with van der Waals surface area (Å²) in [4.78, 5) is 29.0. The molecule has 0 saturated heterocycles. The van der Waals surface area contributed by atoms with Gasteiger partial charge in [-0.25, -0.2) is 4.79 Å². The second kappa shape index (κ2) is 4.50. The van der Waals surface area contributed by atoms with Gasteiger partial charge in [0.15, 0.2) is 5.78 Å². The Kier molecular flexibility index (Phi) is 3.06. The highest BCUT2D eigenvalue weighted by atomic mass is 79.9. The van der Waals surface area contributed by atoms with E-state index in [1.807, 2.05) is 0 Å². The predicted molar refractivity (Wildman–Crippen MR) is 63.1 cm³/mol. The predicted octanol–water partition coefficient (Wildman–Crippen LogP) is 2.10. The first kappa shape index (κ1) is 11.5. The van der Waals surface area contributed by atoms with Gasteiger partial charge >= 0.3 is 5.97 Å². The fraction of sp³-hybridized carbons (Fsp3) is 0. The van der Waals surface area contributed by atoms with Crippen molar-refractivity contribution < 1.29 is 14.7 Å². The van der Waals surface area contributed by atoms with Crippen molar-refractivity contribution in [3.8, 4) is 0 Å². The number of aromatic carboxylic acids is 1. The zero-order valence-corrected chi connectivity index (χ0v) is 10.1. The van der Waals surface area contributed by atoms with Crippen molar-refractivity contribution >= 4 is 27.7 Å². The highest BCUT2D eigenvalue weighted by molar-refractivity contribution is 9.10. The number of carbonyl (C=O) groups is 2. The van der Waals surface area contributed by atoms with Crippen LogP contribution in [0.15, 0.2) is 35.2 Å². The van der Waals surface area contributed by atoms with Crippen LogP contribution in [-0.2, 0) is 0 Å². The average molecular weight is 295 g/mol. The number of aromatic amines is 1. The van der Waals surface area contributed by atoms with Gasteiger partial charge in [-0.3, -0.25) is 9.78 Å². The van der Waals surface area contributed by atoms with Crippen LogP contribution in [0.4, 0.5) is 0 Å². The SMILES string of the molecule is O=C(c1cncc(Br)c1)c1c[nH]c(C(=O)O)c1. The van der Waals surface area contributed by atoms with Crippen LogP contribution in [0.2, 0.25) is 0 Å². The number of rotatable bonds is 3. The third-order valence-corrected chi connectivity index (χ3v) is 2.58. The van der Waals surface area contributed by atoms with Crippen LogP contribution in [-0.4, -0.2) is 26.8 Å². The van der Waals surface area contributed by atoms with Gasteiger partial charge in [0, 0.05) is 34.2 Å². The average Bonchev–Trinajstić information content (AvgIpc) is 2.77. The number of halogens is 1. The Hall–Kier alpha value is -1.95. The molecule has 0 aliphatic carbocycles. The van der Waals surface area contributed by atoms with Gasteiger partial charge in [0.25, 0.3) is 0 Å². The molecule has 5 nitrogen and oxygen atoms in total. The second-order valence-corrected chi connectivity index (χ2v) is 4.24. The summed E-state index contributed by atoms with van der Waals surface area (Å²) in [6, 6.07) is 2.92. The Bertz CT molecular complexity index is 592. The van der Waals surface area contributed by atoms with Crippen LogP contribution in [0.1, 0.15) is 26.4 Å². The van der Waals surface area contributed by atoms with Crippen LogP contribution in [0, 0.1) is 0 Å². The lowest BCUT2D eigenvalue weighted by atomic mass is 10.1. The molecular formula is C11H7BrN2O3. The summed E-state index contributed by atoms with van der Waals surface area (Å²) in [5.41, 5.74) is 0.675. The Balaban J connectivity index is 2.34. The first-order valence-corrected chi connectivity index (χ1v) is 5.44. The molecule has 2 heterocycles. The van der Waals surface area contributed by atoms with E-state index in [9.17, 15) is 9.59 Å². The molecule has 86 valence electrons. The largest absolute Gasteiger partial charge is 0.477 e. The number of H-pyrrole nitrogens is 1. The minimum atomic E-state index is -1.10. The van der Waals surface area contributed by atoms with E-state index in [4.69, 9.17) is 5.11 Å². The first-order valence-electron chi connectivity index (χ1n) is 4.65. The van der Waals surface area contributed by atoms with E-state index in [1.165, 1.54) is 18.5 Å². The lowest BCUT2D eigenvalue weighted by molar-refractivity contribution is 0.0691.